The largest absolute Gasteiger partial charge is 0.315 e. The molecule has 1 aromatic carbocycles. The van der Waals surface area contributed by atoms with Crippen LogP contribution in [-0.4, -0.2) is 39.5 Å². The Kier molecular flexibility index (Phi) is 6.20. The van der Waals surface area contributed by atoms with E-state index in [-0.39, 0.29) is 18.5 Å². The second kappa shape index (κ2) is 8.50. The van der Waals surface area contributed by atoms with E-state index in [9.17, 15) is 18.0 Å². The minimum atomic E-state index is -3.82. The molecule has 1 atom stereocenters. The maximum absolute atomic E-state index is 12.5. The van der Waals surface area contributed by atoms with Crippen molar-refractivity contribution in [2.24, 2.45) is 0 Å². The van der Waals surface area contributed by atoms with Gasteiger partial charge in [-0.2, -0.15) is 0 Å². The van der Waals surface area contributed by atoms with Crippen molar-refractivity contribution in [3.05, 3.63) is 64.5 Å². The topological polar surface area (TPSA) is 118 Å². The first kappa shape index (κ1) is 21.9. The second-order valence-corrected chi connectivity index (χ2v) is 10.2. The Bertz CT molecular complexity index is 1200. The summed E-state index contributed by atoms with van der Waals surface area (Å²) in [5.74, 6) is -1.03. The highest BCUT2D eigenvalue weighted by Gasteiger charge is 2.43. The van der Waals surface area contributed by atoms with Gasteiger partial charge >= 0.3 is 0 Å². The number of sulfone groups is 1. The van der Waals surface area contributed by atoms with Crippen LogP contribution in [0.2, 0.25) is 0 Å². The van der Waals surface area contributed by atoms with Crippen LogP contribution in [0.25, 0.3) is 22.3 Å². The lowest BCUT2D eigenvalue weighted by Gasteiger charge is -2.25. The highest BCUT2D eigenvalue weighted by atomic mass is 32.2. The summed E-state index contributed by atoms with van der Waals surface area (Å²) >= 11 is 1.38. The van der Waals surface area contributed by atoms with E-state index in [1.54, 1.807) is 18.5 Å². The number of amides is 1. The van der Waals surface area contributed by atoms with Gasteiger partial charge in [0.2, 0.25) is 0 Å². The van der Waals surface area contributed by atoms with Crippen LogP contribution in [0.1, 0.15) is 13.3 Å². The monoisotopic (exact) mass is 447 g/mol. The molecule has 2 N–H and O–H groups in total. The summed E-state index contributed by atoms with van der Waals surface area (Å²) in [4.78, 5) is 24.4. The summed E-state index contributed by atoms with van der Waals surface area (Å²) in [6.07, 6.45) is 4.11. The van der Waals surface area contributed by atoms with Crippen LogP contribution in [0.5, 0.6) is 0 Å². The standard InChI is InChI=1S/C20H21N3O5S2/c1-20(19(25)22-26,30(2,27)28)8-10-23-9-7-16(11-18(23)24)14-3-5-15(6-4-14)17-12-21-29-13-17/h3-7,9,11-13,26H,8,10H2,1-2H3,(H,22,25)/t20-/m1/s1. The summed E-state index contributed by atoms with van der Waals surface area (Å²) < 4.78 is 27.7. The molecule has 0 aliphatic carbocycles. The Morgan fingerprint density at radius 3 is 2.30 bits per heavy atom. The molecule has 158 valence electrons. The van der Waals surface area contributed by atoms with Crippen molar-refractivity contribution in [3.63, 3.8) is 0 Å². The molecule has 8 nitrogen and oxygen atoms in total. The number of nitrogens with zero attached hydrogens (tertiary/aromatic N) is 2. The van der Waals surface area contributed by atoms with Gasteiger partial charge in [0.25, 0.3) is 11.5 Å². The normalized spacial score (nSPS) is 13.6. The molecule has 3 rings (SSSR count). The van der Waals surface area contributed by atoms with Crippen LogP contribution >= 0.6 is 11.5 Å². The molecule has 0 fully saturated rings. The predicted molar refractivity (Wildman–Crippen MR) is 115 cm³/mol. The smallest absolute Gasteiger partial charge is 0.264 e. The molecule has 0 spiro atoms. The molecule has 3 aromatic rings. The fourth-order valence-electron chi connectivity index (χ4n) is 2.99. The average Bonchev–Trinajstić information content (AvgIpc) is 3.26. The van der Waals surface area contributed by atoms with Crippen LogP contribution in [0.4, 0.5) is 0 Å². The van der Waals surface area contributed by atoms with E-state index in [1.165, 1.54) is 34.6 Å². The average molecular weight is 448 g/mol. The number of aryl methyl sites for hydroxylation is 1. The van der Waals surface area contributed by atoms with E-state index < -0.39 is 20.5 Å². The van der Waals surface area contributed by atoms with E-state index >= 15 is 0 Å². The highest BCUT2D eigenvalue weighted by Crippen LogP contribution is 2.25. The molecule has 2 heterocycles. The number of nitrogens with one attached hydrogen (secondary N) is 1. The van der Waals surface area contributed by atoms with E-state index in [0.717, 1.165) is 28.5 Å². The molecular formula is C20H21N3O5S2. The molecular weight excluding hydrogens is 426 g/mol. The number of aromatic nitrogens is 2. The van der Waals surface area contributed by atoms with Crippen LogP contribution in [0, 0.1) is 0 Å². The summed E-state index contributed by atoms with van der Waals surface area (Å²) in [5.41, 5.74) is 4.73. The van der Waals surface area contributed by atoms with Crippen LogP contribution in [0.3, 0.4) is 0 Å². The third-order valence-corrected chi connectivity index (χ3v) is 7.82. The summed E-state index contributed by atoms with van der Waals surface area (Å²) in [5, 5.41) is 10.8. The van der Waals surface area contributed by atoms with Crippen molar-refractivity contribution in [2.75, 3.05) is 6.26 Å². The Morgan fingerprint density at radius 2 is 1.80 bits per heavy atom. The van der Waals surface area contributed by atoms with Crippen LogP contribution < -0.4 is 11.0 Å². The van der Waals surface area contributed by atoms with Gasteiger partial charge in [-0.05, 0) is 47.6 Å². The van der Waals surface area contributed by atoms with Crippen molar-refractivity contribution in [2.45, 2.75) is 24.6 Å². The van der Waals surface area contributed by atoms with E-state index in [4.69, 9.17) is 5.21 Å². The molecule has 30 heavy (non-hydrogen) atoms. The van der Waals surface area contributed by atoms with Gasteiger partial charge in [-0.3, -0.25) is 14.8 Å². The van der Waals surface area contributed by atoms with Crippen molar-refractivity contribution < 1.29 is 18.4 Å². The maximum Gasteiger partial charge on any atom is 0.264 e. The molecule has 0 saturated heterocycles. The Balaban J connectivity index is 1.80. The number of hydroxylamine groups is 1. The van der Waals surface area contributed by atoms with E-state index in [0.29, 0.717) is 0 Å². The van der Waals surface area contributed by atoms with Gasteiger partial charge in [-0.1, -0.05) is 24.3 Å². The van der Waals surface area contributed by atoms with Gasteiger partial charge in [0.1, 0.15) is 0 Å². The lowest BCUT2D eigenvalue weighted by atomic mass is 10.0. The minimum absolute atomic E-state index is 0.000196. The fraction of sp³-hybridized carbons (Fsp3) is 0.250. The van der Waals surface area contributed by atoms with E-state index in [1.807, 2.05) is 29.6 Å². The zero-order valence-electron chi connectivity index (χ0n) is 16.4. The van der Waals surface area contributed by atoms with Gasteiger partial charge in [0.05, 0.1) is 0 Å². The molecule has 0 aliphatic rings. The van der Waals surface area contributed by atoms with Crippen molar-refractivity contribution in [3.8, 4) is 22.3 Å². The van der Waals surface area contributed by atoms with E-state index in [2.05, 4.69) is 4.37 Å². The third kappa shape index (κ3) is 4.35. The quantitative estimate of drug-likeness (QED) is 0.424. The lowest BCUT2D eigenvalue weighted by molar-refractivity contribution is -0.131. The molecule has 0 aliphatic heterocycles. The Labute approximate surface area is 177 Å². The molecule has 0 radical (unpaired) electrons. The first-order chi connectivity index (χ1) is 14.2. The summed E-state index contributed by atoms with van der Waals surface area (Å²) in [6, 6.07) is 11.0. The van der Waals surface area contributed by atoms with Gasteiger partial charge in [-0.25, -0.2) is 18.3 Å². The Hall–Kier alpha value is -2.82. The van der Waals surface area contributed by atoms with Crippen molar-refractivity contribution in [1.29, 1.82) is 0 Å². The Morgan fingerprint density at radius 1 is 1.17 bits per heavy atom. The molecule has 1 amide bonds. The molecule has 0 bridgehead atoms. The maximum atomic E-state index is 12.5. The third-order valence-electron chi connectivity index (χ3n) is 5.21. The van der Waals surface area contributed by atoms with Gasteiger partial charge in [0.15, 0.2) is 14.6 Å². The second-order valence-electron chi connectivity index (χ2n) is 7.13. The zero-order chi connectivity index (χ0) is 21.9. The zero-order valence-corrected chi connectivity index (χ0v) is 18.0. The van der Waals surface area contributed by atoms with Gasteiger partial charge in [-0.15, -0.1) is 0 Å². The number of carbonyl (C=O) groups excluding carboxylic acids is 1. The highest BCUT2D eigenvalue weighted by molar-refractivity contribution is 7.92. The minimum Gasteiger partial charge on any atom is -0.315 e. The lowest BCUT2D eigenvalue weighted by Crippen LogP contribution is -2.49. The first-order valence-electron chi connectivity index (χ1n) is 9.00. The van der Waals surface area contributed by atoms with Crippen LogP contribution in [0.15, 0.2) is 59.0 Å². The number of benzene rings is 1. The number of pyridine rings is 1. The molecule has 0 saturated carbocycles. The van der Waals surface area contributed by atoms with Crippen LogP contribution in [-0.2, 0) is 21.2 Å². The number of hydrogen-bond acceptors (Lipinski definition) is 7. The molecule has 2 aromatic heterocycles. The summed E-state index contributed by atoms with van der Waals surface area (Å²) in [7, 11) is -3.82. The number of hydrogen-bond donors (Lipinski definition) is 2. The molecule has 10 heteroatoms. The van der Waals surface area contributed by atoms with Crippen molar-refractivity contribution in [1.82, 2.24) is 14.4 Å². The number of carbonyl (C=O) groups is 1. The number of rotatable bonds is 7. The van der Waals surface area contributed by atoms with Gasteiger partial charge in [0, 0.05) is 42.2 Å². The van der Waals surface area contributed by atoms with Gasteiger partial charge < -0.3 is 4.57 Å². The predicted octanol–water partition coefficient (Wildman–Crippen LogP) is 2.34. The first-order valence-corrected chi connectivity index (χ1v) is 11.7. The molecule has 0 unspecified atom stereocenters. The SMILES string of the molecule is C[C@@](CCn1ccc(-c2ccc(-c3cnsc3)cc2)cc1=O)(C(=O)NO)S(C)(=O)=O. The van der Waals surface area contributed by atoms with Crippen molar-refractivity contribution >= 4 is 27.3 Å². The summed E-state index contributed by atoms with van der Waals surface area (Å²) in [6.45, 7) is 1.22. The fourth-order valence-corrected chi connectivity index (χ4v) is 4.38.